The van der Waals surface area contributed by atoms with E-state index in [1.807, 2.05) is 53.1 Å². The average molecular weight is 440 g/mol. The van der Waals surface area contributed by atoms with Crippen molar-refractivity contribution in [3.05, 3.63) is 58.1 Å². The smallest absolute Gasteiger partial charge is 0.419 e. The third kappa shape index (κ3) is 4.05. The Bertz CT molecular complexity index is 1200. The summed E-state index contributed by atoms with van der Waals surface area (Å²) in [5.41, 5.74) is 3.72. The number of fused-ring (bicyclic) bond motifs is 2. The number of carbonyl (C=O) groups excluding carboxylic acids is 2. The number of hydrogen-bond donors (Lipinski definition) is 1. The standard InChI is InChI=1S/C24H26ClN3O3/c1-24(2,3)31-23(30)28-19-9-6-14(13-27(4)5)10-15(19)11-20(28)16-7-8-18(25)17-12-26-22(29)21(16)17/h6-11H,12-13H2,1-5H3,(H,26,29). The van der Waals surface area contributed by atoms with Gasteiger partial charge in [-0.25, -0.2) is 9.36 Å². The summed E-state index contributed by atoms with van der Waals surface area (Å²) in [7, 11) is 4.02. The molecule has 3 aromatic rings. The second-order valence-corrected chi connectivity index (χ2v) is 9.51. The van der Waals surface area contributed by atoms with Gasteiger partial charge in [-0.3, -0.25) is 4.79 Å². The molecule has 0 saturated carbocycles. The molecule has 1 aromatic heterocycles. The first kappa shape index (κ1) is 21.4. The third-order valence-electron chi connectivity index (χ3n) is 5.13. The lowest BCUT2D eigenvalue weighted by molar-refractivity contribution is 0.0547. The van der Waals surface area contributed by atoms with Crippen molar-refractivity contribution in [2.24, 2.45) is 0 Å². The number of amides is 1. The molecule has 162 valence electrons. The summed E-state index contributed by atoms with van der Waals surface area (Å²) in [4.78, 5) is 27.9. The van der Waals surface area contributed by atoms with E-state index in [1.165, 1.54) is 0 Å². The molecule has 0 radical (unpaired) electrons. The van der Waals surface area contributed by atoms with Gasteiger partial charge in [0.15, 0.2) is 0 Å². The van der Waals surface area contributed by atoms with Gasteiger partial charge in [-0.05, 0) is 64.7 Å². The van der Waals surface area contributed by atoms with Crippen LogP contribution in [0.4, 0.5) is 4.79 Å². The zero-order chi connectivity index (χ0) is 22.5. The molecule has 4 rings (SSSR count). The second-order valence-electron chi connectivity index (χ2n) is 9.11. The normalized spacial score (nSPS) is 13.6. The largest absolute Gasteiger partial charge is 0.443 e. The minimum absolute atomic E-state index is 0.193. The summed E-state index contributed by atoms with van der Waals surface area (Å²) in [5.74, 6) is -0.193. The van der Waals surface area contributed by atoms with E-state index in [9.17, 15) is 9.59 Å². The topological polar surface area (TPSA) is 63.6 Å². The molecule has 0 spiro atoms. The Morgan fingerprint density at radius 2 is 1.94 bits per heavy atom. The maximum absolute atomic E-state index is 13.2. The van der Waals surface area contributed by atoms with Gasteiger partial charge in [-0.1, -0.05) is 23.7 Å². The van der Waals surface area contributed by atoms with Crippen LogP contribution in [0.2, 0.25) is 5.02 Å². The minimum Gasteiger partial charge on any atom is -0.443 e. The minimum atomic E-state index is -0.658. The molecule has 0 fully saturated rings. The maximum atomic E-state index is 13.2. The molecule has 1 amide bonds. The molecule has 0 atom stereocenters. The highest BCUT2D eigenvalue weighted by Crippen LogP contribution is 2.37. The van der Waals surface area contributed by atoms with Crippen molar-refractivity contribution in [2.75, 3.05) is 14.1 Å². The van der Waals surface area contributed by atoms with E-state index in [2.05, 4.69) is 16.3 Å². The lowest BCUT2D eigenvalue weighted by Crippen LogP contribution is -2.27. The van der Waals surface area contributed by atoms with Crippen molar-refractivity contribution in [2.45, 2.75) is 39.5 Å². The molecule has 0 bridgehead atoms. The van der Waals surface area contributed by atoms with E-state index in [-0.39, 0.29) is 5.91 Å². The average Bonchev–Trinajstić information content (AvgIpc) is 3.22. The van der Waals surface area contributed by atoms with E-state index >= 15 is 0 Å². The number of benzene rings is 2. The van der Waals surface area contributed by atoms with Crippen LogP contribution in [0.5, 0.6) is 0 Å². The Kier molecular flexibility index (Phi) is 5.31. The van der Waals surface area contributed by atoms with E-state index < -0.39 is 11.7 Å². The highest BCUT2D eigenvalue weighted by molar-refractivity contribution is 6.32. The maximum Gasteiger partial charge on any atom is 0.419 e. The van der Waals surface area contributed by atoms with Crippen LogP contribution in [0.3, 0.4) is 0 Å². The Morgan fingerprint density at radius 1 is 1.19 bits per heavy atom. The molecule has 0 saturated heterocycles. The van der Waals surface area contributed by atoms with E-state index in [4.69, 9.17) is 16.3 Å². The summed E-state index contributed by atoms with van der Waals surface area (Å²) < 4.78 is 7.26. The number of nitrogens with zero attached hydrogens (tertiary/aromatic N) is 2. The van der Waals surface area contributed by atoms with Crippen LogP contribution in [0.1, 0.15) is 42.3 Å². The molecule has 0 aliphatic carbocycles. The van der Waals surface area contributed by atoms with Crippen LogP contribution >= 0.6 is 11.6 Å². The van der Waals surface area contributed by atoms with Gasteiger partial charge in [0.2, 0.25) is 0 Å². The lowest BCUT2D eigenvalue weighted by Gasteiger charge is -2.21. The van der Waals surface area contributed by atoms with Crippen LogP contribution in [0, 0.1) is 0 Å². The Balaban J connectivity index is 1.96. The molecule has 2 aromatic carbocycles. The Labute approximate surface area is 186 Å². The van der Waals surface area contributed by atoms with E-state index in [0.717, 1.165) is 28.6 Å². The van der Waals surface area contributed by atoms with Gasteiger partial charge in [-0.2, -0.15) is 0 Å². The highest BCUT2D eigenvalue weighted by atomic mass is 35.5. The van der Waals surface area contributed by atoms with E-state index in [0.29, 0.717) is 28.4 Å². The van der Waals surface area contributed by atoms with Gasteiger partial charge in [-0.15, -0.1) is 0 Å². The first-order chi connectivity index (χ1) is 14.5. The van der Waals surface area contributed by atoms with Crippen LogP contribution in [0.25, 0.3) is 22.2 Å². The summed E-state index contributed by atoms with van der Waals surface area (Å²) in [6.07, 6.45) is -0.486. The third-order valence-corrected chi connectivity index (χ3v) is 5.48. The monoisotopic (exact) mass is 439 g/mol. The van der Waals surface area contributed by atoms with Gasteiger partial charge in [0.1, 0.15) is 5.60 Å². The molecule has 1 aliphatic rings. The van der Waals surface area contributed by atoms with Crippen LogP contribution in [0.15, 0.2) is 36.4 Å². The van der Waals surface area contributed by atoms with Crippen molar-refractivity contribution in [3.8, 4) is 11.3 Å². The zero-order valence-corrected chi connectivity index (χ0v) is 19.1. The zero-order valence-electron chi connectivity index (χ0n) is 18.4. The molecular weight excluding hydrogens is 414 g/mol. The van der Waals surface area contributed by atoms with Crippen LogP contribution in [-0.2, 0) is 17.8 Å². The van der Waals surface area contributed by atoms with Crippen molar-refractivity contribution in [1.29, 1.82) is 0 Å². The van der Waals surface area contributed by atoms with Crippen LogP contribution in [-0.4, -0.2) is 41.2 Å². The number of nitrogens with one attached hydrogen (secondary N) is 1. The van der Waals surface area contributed by atoms with Crippen LogP contribution < -0.4 is 5.32 Å². The van der Waals surface area contributed by atoms with Gasteiger partial charge in [0.25, 0.3) is 5.91 Å². The first-order valence-corrected chi connectivity index (χ1v) is 10.6. The molecule has 31 heavy (non-hydrogen) atoms. The fourth-order valence-electron chi connectivity index (χ4n) is 3.96. The summed E-state index contributed by atoms with van der Waals surface area (Å²) in [6.45, 7) is 6.65. The first-order valence-electron chi connectivity index (χ1n) is 10.2. The quantitative estimate of drug-likeness (QED) is 0.620. The molecule has 1 aliphatic heterocycles. The Morgan fingerprint density at radius 3 is 2.61 bits per heavy atom. The molecule has 2 heterocycles. The number of halogens is 1. The fraction of sp³-hybridized carbons (Fsp3) is 0.333. The van der Waals surface area contributed by atoms with E-state index in [1.54, 1.807) is 16.7 Å². The van der Waals surface area contributed by atoms with Crippen molar-refractivity contribution in [1.82, 2.24) is 14.8 Å². The molecule has 1 N–H and O–H groups in total. The molecular formula is C24H26ClN3O3. The number of carbonyl (C=O) groups is 2. The molecule has 0 unspecified atom stereocenters. The summed E-state index contributed by atoms with van der Waals surface area (Å²) in [6, 6.07) is 11.5. The molecule has 7 heteroatoms. The number of hydrogen-bond acceptors (Lipinski definition) is 4. The number of rotatable bonds is 3. The summed E-state index contributed by atoms with van der Waals surface area (Å²) in [5, 5.41) is 4.27. The number of ether oxygens (including phenoxy) is 1. The fourth-order valence-corrected chi connectivity index (χ4v) is 4.18. The van der Waals surface area contributed by atoms with Gasteiger partial charge >= 0.3 is 6.09 Å². The lowest BCUT2D eigenvalue weighted by atomic mass is 10.00. The Hall–Kier alpha value is -2.83. The van der Waals surface area contributed by atoms with Crippen molar-refractivity contribution >= 4 is 34.5 Å². The van der Waals surface area contributed by atoms with Gasteiger partial charge < -0.3 is 15.0 Å². The van der Waals surface area contributed by atoms with Gasteiger partial charge in [0.05, 0.1) is 16.8 Å². The summed E-state index contributed by atoms with van der Waals surface area (Å²) >= 11 is 6.34. The van der Waals surface area contributed by atoms with Crippen molar-refractivity contribution < 1.29 is 14.3 Å². The molecule has 6 nitrogen and oxygen atoms in total. The predicted octanol–water partition coefficient (Wildman–Crippen LogP) is 5.05. The SMILES string of the molecule is CN(C)Cc1ccc2c(c1)cc(-c1ccc(Cl)c3c1C(=O)NC3)n2C(=O)OC(C)(C)C. The predicted molar refractivity (Wildman–Crippen MR) is 123 cm³/mol. The van der Waals surface area contributed by atoms with Crippen molar-refractivity contribution in [3.63, 3.8) is 0 Å². The van der Waals surface area contributed by atoms with Gasteiger partial charge in [0, 0.05) is 34.6 Å². The second kappa shape index (κ2) is 7.70. The number of aromatic nitrogens is 1. The highest BCUT2D eigenvalue weighted by Gasteiger charge is 2.29.